The van der Waals surface area contributed by atoms with Crippen LogP contribution in [0, 0.1) is 12.3 Å². The Balaban J connectivity index is 2.19. The molecule has 1 aliphatic carbocycles. The summed E-state index contributed by atoms with van der Waals surface area (Å²) in [5, 5.41) is 0. The highest BCUT2D eigenvalue weighted by Gasteiger charge is 2.08. The molecule has 1 rings (SSSR count). The van der Waals surface area contributed by atoms with Crippen molar-refractivity contribution in [2.75, 3.05) is 0 Å². The maximum Gasteiger partial charge on any atom is -0.0412 e. The van der Waals surface area contributed by atoms with Gasteiger partial charge in [-0.1, -0.05) is 58.3 Å². The predicted molar refractivity (Wildman–Crippen MR) is 55.0 cm³/mol. The number of hydrogen-bond donors (Lipinski definition) is 0. The van der Waals surface area contributed by atoms with E-state index in [0.717, 1.165) is 5.92 Å². The van der Waals surface area contributed by atoms with Gasteiger partial charge in [0.25, 0.3) is 0 Å². The lowest BCUT2D eigenvalue weighted by Crippen LogP contribution is -1.99. The molecule has 1 aliphatic rings. The second-order valence-corrected chi connectivity index (χ2v) is 4.21. The van der Waals surface area contributed by atoms with Gasteiger partial charge in [0.05, 0.1) is 0 Å². The molecular formula is C12H23. The molecule has 0 aromatic rings. The minimum absolute atomic E-state index is 1.02. The lowest BCUT2D eigenvalue weighted by atomic mass is 9.93. The van der Waals surface area contributed by atoms with Crippen molar-refractivity contribution in [3.8, 4) is 0 Å². The summed E-state index contributed by atoms with van der Waals surface area (Å²) in [5.74, 6) is 1.02. The molecule has 1 radical (unpaired) electrons. The summed E-state index contributed by atoms with van der Waals surface area (Å²) in [6.07, 6.45) is 15.6. The Bertz CT molecular complexity index is 86.2. The molecule has 1 saturated carbocycles. The van der Waals surface area contributed by atoms with E-state index < -0.39 is 0 Å². The highest BCUT2D eigenvalue weighted by atomic mass is 14.1. The van der Waals surface area contributed by atoms with Gasteiger partial charge in [-0.05, 0) is 18.8 Å². The lowest BCUT2D eigenvalue weighted by molar-refractivity contribution is 0.422. The predicted octanol–water partition coefficient (Wildman–Crippen LogP) is 4.35. The van der Waals surface area contributed by atoms with Crippen molar-refractivity contribution in [1.82, 2.24) is 0 Å². The van der Waals surface area contributed by atoms with Crippen LogP contribution in [-0.4, -0.2) is 0 Å². The van der Waals surface area contributed by atoms with E-state index >= 15 is 0 Å². The van der Waals surface area contributed by atoms with Crippen LogP contribution in [0.25, 0.3) is 0 Å². The second kappa shape index (κ2) is 6.51. The van der Waals surface area contributed by atoms with E-state index in [1.54, 1.807) is 0 Å². The minimum Gasteiger partial charge on any atom is -0.0622 e. The molecule has 0 saturated heterocycles. The maximum absolute atomic E-state index is 2.35. The van der Waals surface area contributed by atoms with E-state index in [1.807, 2.05) is 0 Å². The van der Waals surface area contributed by atoms with E-state index in [9.17, 15) is 0 Å². The highest BCUT2D eigenvalue weighted by Crippen LogP contribution is 2.24. The third kappa shape index (κ3) is 4.13. The molecule has 0 spiro atoms. The van der Waals surface area contributed by atoms with Crippen LogP contribution in [0.4, 0.5) is 0 Å². The van der Waals surface area contributed by atoms with Gasteiger partial charge in [-0.3, -0.25) is 0 Å². The Morgan fingerprint density at radius 1 is 0.917 bits per heavy atom. The van der Waals surface area contributed by atoms with Crippen molar-refractivity contribution < 1.29 is 0 Å². The average molecular weight is 167 g/mol. The molecule has 0 heteroatoms. The smallest absolute Gasteiger partial charge is 0.0412 e. The maximum atomic E-state index is 2.35. The first-order valence-electron chi connectivity index (χ1n) is 5.71. The molecule has 0 amide bonds. The van der Waals surface area contributed by atoms with Crippen molar-refractivity contribution in [2.24, 2.45) is 5.92 Å². The summed E-state index contributed by atoms with van der Waals surface area (Å²) in [5.41, 5.74) is 0. The largest absolute Gasteiger partial charge is 0.0622 e. The van der Waals surface area contributed by atoms with Gasteiger partial charge < -0.3 is 0 Å². The fourth-order valence-corrected chi connectivity index (χ4v) is 2.29. The summed E-state index contributed by atoms with van der Waals surface area (Å²) in [6, 6.07) is 0. The molecule has 12 heavy (non-hydrogen) atoms. The van der Waals surface area contributed by atoms with Crippen molar-refractivity contribution in [1.29, 1.82) is 0 Å². The van der Waals surface area contributed by atoms with Crippen LogP contribution >= 0.6 is 0 Å². The average Bonchev–Trinajstić information content (AvgIpc) is 2.19. The second-order valence-electron chi connectivity index (χ2n) is 4.21. The van der Waals surface area contributed by atoms with Crippen molar-refractivity contribution in [2.45, 2.75) is 64.7 Å². The van der Waals surface area contributed by atoms with E-state index in [4.69, 9.17) is 0 Å². The summed E-state index contributed by atoms with van der Waals surface area (Å²) >= 11 is 0. The van der Waals surface area contributed by atoms with Crippen LogP contribution in [0.2, 0.25) is 0 Å². The van der Waals surface area contributed by atoms with Crippen LogP contribution in [0.1, 0.15) is 64.7 Å². The van der Waals surface area contributed by atoms with Gasteiger partial charge >= 0.3 is 0 Å². The number of rotatable bonds is 2. The van der Waals surface area contributed by atoms with Crippen LogP contribution in [-0.2, 0) is 0 Å². The molecule has 0 nitrogen and oxygen atoms in total. The zero-order chi connectivity index (χ0) is 8.65. The standard InChI is InChI=1S/C12H23/c1-2-9-12-10-7-5-3-4-6-8-11-12/h2,12H,3-11H2,1H3. The topological polar surface area (TPSA) is 0 Å². The van der Waals surface area contributed by atoms with E-state index in [1.165, 1.54) is 57.8 Å². The summed E-state index contributed by atoms with van der Waals surface area (Å²) in [6.45, 7) is 2.20. The SMILES string of the molecule is C[CH]CC1CCCCCCCC1. The molecule has 71 valence electrons. The first kappa shape index (κ1) is 10.1. The molecule has 0 aliphatic heterocycles. The van der Waals surface area contributed by atoms with Gasteiger partial charge in [-0.2, -0.15) is 0 Å². The summed E-state index contributed by atoms with van der Waals surface area (Å²) < 4.78 is 0. The van der Waals surface area contributed by atoms with E-state index in [-0.39, 0.29) is 0 Å². The summed E-state index contributed by atoms with van der Waals surface area (Å²) in [4.78, 5) is 0. The lowest BCUT2D eigenvalue weighted by Gasteiger charge is -2.13. The van der Waals surface area contributed by atoms with Gasteiger partial charge in [0.2, 0.25) is 0 Å². The van der Waals surface area contributed by atoms with Gasteiger partial charge in [0.1, 0.15) is 0 Å². The van der Waals surface area contributed by atoms with Crippen LogP contribution < -0.4 is 0 Å². The Labute approximate surface area is 77.7 Å². The van der Waals surface area contributed by atoms with Crippen LogP contribution in [0.5, 0.6) is 0 Å². The third-order valence-corrected chi connectivity index (χ3v) is 3.04. The van der Waals surface area contributed by atoms with Crippen LogP contribution in [0.15, 0.2) is 0 Å². The molecule has 0 heterocycles. The third-order valence-electron chi connectivity index (χ3n) is 3.04. The summed E-state index contributed by atoms with van der Waals surface area (Å²) in [7, 11) is 0. The normalized spacial score (nSPS) is 22.8. The van der Waals surface area contributed by atoms with Crippen LogP contribution in [0.3, 0.4) is 0 Å². The first-order chi connectivity index (χ1) is 5.93. The van der Waals surface area contributed by atoms with E-state index in [2.05, 4.69) is 13.3 Å². The van der Waals surface area contributed by atoms with Crippen molar-refractivity contribution in [3.63, 3.8) is 0 Å². The molecular weight excluding hydrogens is 144 g/mol. The first-order valence-corrected chi connectivity index (χ1v) is 5.71. The van der Waals surface area contributed by atoms with Crippen molar-refractivity contribution >= 4 is 0 Å². The molecule has 0 bridgehead atoms. The molecule has 0 unspecified atom stereocenters. The van der Waals surface area contributed by atoms with Gasteiger partial charge in [-0.15, -0.1) is 0 Å². The molecule has 0 N–H and O–H groups in total. The van der Waals surface area contributed by atoms with Crippen molar-refractivity contribution in [3.05, 3.63) is 6.42 Å². The van der Waals surface area contributed by atoms with E-state index in [0.29, 0.717) is 0 Å². The highest BCUT2D eigenvalue weighted by molar-refractivity contribution is 4.68. The zero-order valence-electron chi connectivity index (χ0n) is 8.52. The monoisotopic (exact) mass is 167 g/mol. The Morgan fingerprint density at radius 3 is 1.92 bits per heavy atom. The fourth-order valence-electron chi connectivity index (χ4n) is 2.29. The molecule has 0 atom stereocenters. The minimum atomic E-state index is 1.02. The molecule has 0 aromatic carbocycles. The fraction of sp³-hybridized carbons (Fsp3) is 0.917. The zero-order valence-corrected chi connectivity index (χ0v) is 8.52. The Hall–Kier alpha value is 0. The Kier molecular flexibility index (Phi) is 5.47. The number of hydrogen-bond acceptors (Lipinski definition) is 0. The quantitative estimate of drug-likeness (QED) is 0.573. The van der Waals surface area contributed by atoms with Gasteiger partial charge in [0, 0.05) is 0 Å². The molecule has 0 aromatic heterocycles. The molecule has 1 fully saturated rings. The van der Waals surface area contributed by atoms with Gasteiger partial charge in [-0.25, -0.2) is 0 Å². The van der Waals surface area contributed by atoms with Gasteiger partial charge in [0.15, 0.2) is 0 Å². The Morgan fingerprint density at radius 2 is 1.42 bits per heavy atom.